The van der Waals surface area contributed by atoms with Crippen LogP contribution in [0.4, 0.5) is 16.0 Å². The summed E-state index contributed by atoms with van der Waals surface area (Å²) in [6.07, 6.45) is 0. The normalized spacial score (nSPS) is 14.9. The van der Waals surface area contributed by atoms with Crippen molar-refractivity contribution in [3.8, 4) is 11.4 Å². The number of nitrogens with zero attached hydrogens (tertiary/aromatic N) is 3. The first-order valence-corrected chi connectivity index (χ1v) is 11.6. The second-order valence-electron chi connectivity index (χ2n) is 8.67. The molecule has 1 aliphatic heterocycles. The summed E-state index contributed by atoms with van der Waals surface area (Å²) in [4.78, 5) is 18.3. The molecule has 1 unspecified atom stereocenters. The Balaban J connectivity index is 1.48. The van der Waals surface area contributed by atoms with Crippen molar-refractivity contribution in [1.29, 1.82) is 0 Å². The number of halogens is 1. The highest BCUT2D eigenvalue weighted by molar-refractivity contribution is 6.06. The van der Waals surface area contributed by atoms with Gasteiger partial charge in [0.15, 0.2) is 5.82 Å². The summed E-state index contributed by atoms with van der Waals surface area (Å²) in [5.74, 6) is 0.437. The summed E-state index contributed by atoms with van der Waals surface area (Å²) in [7, 11) is 0. The van der Waals surface area contributed by atoms with Crippen LogP contribution in [0.15, 0.2) is 108 Å². The molecule has 1 aromatic heterocycles. The summed E-state index contributed by atoms with van der Waals surface area (Å²) >= 11 is 0. The molecule has 1 atom stereocenters. The highest BCUT2D eigenvalue weighted by Gasteiger charge is 2.34. The Morgan fingerprint density at radius 2 is 1.64 bits per heavy atom. The van der Waals surface area contributed by atoms with Crippen LogP contribution in [-0.4, -0.2) is 20.7 Å². The van der Waals surface area contributed by atoms with Gasteiger partial charge in [0.25, 0.3) is 5.91 Å². The lowest BCUT2D eigenvalue weighted by Gasteiger charge is -2.28. The van der Waals surface area contributed by atoms with Gasteiger partial charge in [-0.3, -0.25) is 4.79 Å². The molecule has 0 radical (unpaired) electrons. The molecule has 6 nitrogen and oxygen atoms in total. The third-order valence-corrected chi connectivity index (χ3v) is 6.35. The van der Waals surface area contributed by atoms with Crippen molar-refractivity contribution in [3.63, 3.8) is 0 Å². The fourth-order valence-corrected chi connectivity index (χ4v) is 4.65. The van der Waals surface area contributed by atoms with E-state index in [-0.39, 0.29) is 11.7 Å². The standard InChI is InChI=1S/C29H22FN5O/c1-18-25(28(36)32-22-10-3-2-4-11-22)26(20-14-16-21(30)17-15-20)35-29(31-18)33-27(34-35)24-13-7-9-19-8-5-6-12-23(19)24/h2-17,26H,1H3,(H,32,36)(H,31,33,34). The summed E-state index contributed by atoms with van der Waals surface area (Å²) < 4.78 is 15.5. The molecule has 4 aromatic carbocycles. The molecule has 5 aromatic rings. The van der Waals surface area contributed by atoms with Gasteiger partial charge in [-0.2, -0.15) is 4.98 Å². The molecule has 0 saturated heterocycles. The fraction of sp³-hybridized carbons (Fsp3) is 0.0690. The van der Waals surface area contributed by atoms with Crippen molar-refractivity contribution >= 4 is 28.3 Å². The van der Waals surface area contributed by atoms with Crippen molar-refractivity contribution in [2.75, 3.05) is 10.6 Å². The quantitative estimate of drug-likeness (QED) is 0.326. The number of para-hydroxylation sites is 1. The third-order valence-electron chi connectivity index (χ3n) is 6.35. The van der Waals surface area contributed by atoms with Crippen LogP contribution in [0.3, 0.4) is 0 Å². The van der Waals surface area contributed by atoms with Crippen molar-refractivity contribution in [2.45, 2.75) is 13.0 Å². The number of hydrogen-bond donors (Lipinski definition) is 2. The summed E-state index contributed by atoms with van der Waals surface area (Å²) in [5.41, 5.74) is 3.43. The van der Waals surface area contributed by atoms with Gasteiger partial charge in [-0.05, 0) is 47.5 Å². The molecule has 2 N–H and O–H groups in total. The average molecular weight is 476 g/mol. The van der Waals surface area contributed by atoms with Gasteiger partial charge in [0.2, 0.25) is 5.95 Å². The van der Waals surface area contributed by atoms with E-state index in [4.69, 9.17) is 10.1 Å². The highest BCUT2D eigenvalue weighted by atomic mass is 19.1. The number of rotatable bonds is 4. The Bertz CT molecular complexity index is 1620. The van der Waals surface area contributed by atoms with Gasteiger partial charge in [0, 0.05) is 16.9 Å². The van der Waals surface area contributed by atoms with Crippen molar-refractivity contribution in [3.05, 3.63) is 120 Å². The number of amides is 1. The minimum Gasteiger partial charge on any atom is -0.328 e. The lowest BCUT2D eigenvalue weighted by atomic mass is 9.95. The number of anilines is 2. The molecule has 0 saturated carbocycles. The van der Waals surface area contributed by atoms with Gasteiger partial charge in [-0.15, -0.1) is 5.10 Å². The van der Waals surface area contributed by atoms with E-state index >= 15 is 0 Å². The SMILES string of the molecule is CC1=C(C(=O)Nc2ccccc2)C(c2ccc(F)cc2)n2nc(-c3cccc4ccccc34)nc2N1. The van der Waals surface area contributed by atoms with Crippen molar-refractivity contribution in [2.24, 2.45) is 0 Å². The maximum absolute atomic E-state index is 13.8. The Hall–Kier alpha value is -4.78. The topological polar surface area (TPSA) is 71.8 Å². The van der Waals surface area contributed by atoms with Gasteiger partial charge in [0.1, 0.15) is 11.9 Å². The average Bonchev–Trinajstić information content (AvgIpc) is 3.32. The summed E-state index contributed by atoms with van der Waals surface area (Å²) in [6.45, 7) is 1.84. The highest BCUT2D eigenvalue weighted by Crippen LogP contribution is 2.37. The molecule has 1 aliphatic rings. The zero-order chi connectivity index (χ0) is 24.6. The van der Waals surface area contributed by atoms with Crippen molar-refractivity contribution < 1.29 is 9.18 Å². The Morgan fingerprint density at radius 1 is 0.917 bits per heavy atom. The first kappa shape index (κ1) is 21.7. The number of nitrogens with one attached hydrogen (secondary N) is 2. The molecule has 1 amide bonds. The van der Waals surface area contributed by atoms with Gasteiger partial charge in [-0.1, -0.05) is 72.8 Å². The molecule has 0 aliphatic carbocycles. The molecule has 6 rings (SSSR count). The van der Waals surface area contributed by atoms with E-state index in [9.17, 15) is 9.18 Å². The molecule has 0 spiro atoms. The number of allylic oxidation sites excluding steroid dienone is 1. The first-order chi connectivity index (χ1) is 17.6. The largest absolute Gasteiger partial charge is 0.328 e. The number of hydrogen-bond acceptors (Lipinski definition) is 4. The van der Waals surface area contributed by atoms with Crippen molar-refractivity contribution in [1.82, 2.24) is 14.8 Å². The number of aromatic nitrogens is 3. The molecule has 176 valence electrons. The van der Waals surface area contributed by atoms with Crippen LogP contribution in [0.25, 0.3) is 22.2 Å². The molecule has 2 heterocycles. The van der Waals surface area contributed by atoms with E-state index in [2.05, 4.69) is 10.6 Å². The van der Waals surface area contributed by atoms with Crippen LogP contribution in [0.2, 0.25) is 0 Å². The molecule has 0 bridgehead atoms. The van der Waals surface area contributed by atoms with Gasteiger partial charge >= 0.3 is 0 Å². The van der Waals surface area contributed by atoms with Gasteiger partial charge < -0.3 is 10.6 Å². The van der Waals surface area contributed by atoms with E-state index in [0.717, 1.165) is 21.9 Å². The van der Waals surface area contributed by atoms with Crippen LogP contribution in [0.1, 0.15) is 18.5 Å². The minimum atomic E-state index is -0.596. The van der Waals surface area contributed by atoms with E-state index < -0.39 is 6.04 Å². The Kier molecular flexibility index (Phi) is 5.30. The molecule has 0 fully saturated rings. The fourth-order valence-electron chi connectivity index (χ4n) is 4.65. The number of carbonyl (C=O) groups is 1. The zero-order valence-electron chi connectivity index (χ0n) is 19.4. The maximum Gasteiger partial charge on any atom is 0.255 e. The Morgan fingerprint density at radius 3 is 2.44 bits per heavy atom. The predicted octanol–water partition coefficient (Wildman–Crippen LogP) is 6.17. The van der Waals surface area contributed by atoms with Crippen LogP contribution in [0, 0.1) is 5.82 Å². The molecule has 7 heteroatoms. The monoisotopic (exact) mass is 475 g/mol. The molecule has 36 heavy (non-hydrogen) atoms. The first-order valence-electron chi connectivity index (χ1n) is 11.6. The predicted molar refractivity (Wildman–Crippen MR) is 139 cm³/mol. The van der Waals surface area contributed by atoms with Crippen LogP contribution in [-0.2, 0) is 4.79 Å². The second-order valence-corrected chi connectivity index (χ2v) is 8.67. The third kappa shape index (κ3) is 3.80. The maximum atomic E-state index is 13.8. The summed E-state index contributed by atoms with van der Waals surface area (Å²) in [6, 6.07) is 28.9. The molecular formula is C29H22FN5O. The lowest BCUT2D eigenvalue weighted by Crippen LogP contribution is -2.31. The van der Waals surface area contributed by atoms with E-state index in [1.807, 2.05) is 79.7 Å². The number of benzene rings is 4. The minimum absolute atomic E-state index is 0.270. The molecular weight excluding hydrogens is 453 g/mol. The Labute approximate surface area is 207 Å². The zero-order valence-corrected chi connectivity index (χ0v) is 19.4. The number of carbonyl (C=O) groups excluding carboxylic acids is 1. The smallest absolute Gasteiger partial charge is 0.255 e. The van der Waals surface area contributed by atoms with E-state index in [0.29, 0.717) is 28.7 Å². The number of fused-ring (bicyclic) bond motifs is 2. The van der Waals surface area contributed by atoms with Gasteiger partial charge in [0.05, 0.1) is 5.57 Å². The lowest BCUT2D eigenvalue weighted by molar-refractivity contribution is -0.113. The summed E-state index contributed by atoms with van der Waals surface area (Å²) in [5, 5.41) is 13.2. The van der Waals surface area contributed by atoms with Gasteiger partial charge in [-0.25, -0.2) is 9.07 Å². The van der Waals surface area contributed by atoms with Crippen LogP contribution in [0.5, 0.6) is 0 Å². The van der Waals surface area contributed by atoms with E-state index in [1.54, 1.807) is 16.8 Å². The van der Waals surface area contributed by atoms with Crippen LogP contribution >= 0.6 is 0 Å². The van der Waals surface area contributed by atoms with Crippen LogP contribution < -0.4 is 10.6 Å². The second kappa shape index (κ2) is 8.78. The van der Waals surface area contributed by atoms with E-state index in [1.165, 1.54) is 12.1 Å².